The first-order valence-electron chi connectivity index (χ1n) is 13.6. The van der Waals surface area contributed by atoms with Crippen molar-refractivity contribution in [2.75, 3.05) is 54.3 Å². The number of anilines is 3. The Balaban J connectivity index is 1.24. The van der Waals surface area contributed by atoms with E-state index < -0.39 is 10.0 Å². The van der Waals surface area contributed by atoms with E-state index in [0.717, 1.165) is 32.1 Å². The number of aryl methyl sites for hydroxylation is 1. The summed E-state index contributed by atoms with van der Waals surface area (Å²) in [5, 5.41) is 8.35. The highest BCUT2D eigenvalue weighted by atomic mass is 35.5. The zero-order valence-electron chi connectivity index (χ0n) is 23.5. The summed E-state index contributed by atoms with van der Waals surface area (Å²) in [5.74, 6) is 1.03. The van der Waals surface area contributed by atoms with Gasteiger partial charge in [0.1, 0.15) is 0 Å². The molecule has 2 aromatic heterocycles. The molecule has 2 aliphatic rings. The molecule has 0 radical (unpaired) electrons. The van der Waals surface area contributed by atoms with Gasteiger partial charge in [0.2, 0.25) is 15.9 Å². The second-order valence-electron chi connectivity index (χ2n) is 10.5. The lowest BCUT2D eigenvalue weighted by Crippen LogP contribution is -2.58. The minimum absolute atomic E-state index is 0.168. The van der Waals surface area contributed by atoms with Crippen LogP contribution in [0.15, 0.2) is 22.6 Å². The van der Waals surface area contributed by atoms with Crippen LogP contribution in [0, 0.1) is 6.92 Å². The number of nitrogens with two attached hydrogens (primary N) is 1. The van der Waals surface area contributed by atoms with Gasteiger partial charge in [-0.15, -0.1) is 10.2 Å². The summed E-state index contributed by atoms with van der Waals surface area (Å²) in [6.07, 6.45) is 3.56. The second-order valence-corrected chi connectivity index (χ2v) is 13.1. The van der Waals surface area contributed by atoms with E-state index >= 15 is 0 Å². The fourth-order valence-electron chi connectivity index (χ4n) is 5.63. The summed E-state index contributed by atoms with van der Waals surface area (Å²) < 4.78 is 31.5. The van der Waals surface area contributed by atoms with Crippen molar-refractivity contribution in [1.29, 1.82) is 0 Å². The SMILES string of the molecule is CC[C@H]1CN(c2nc(N)c(-c3nnc(C)o3)nc2Cl)CCN1C1CCN(C(=O)c2ccc(Cl)cc2NS(C)(=O)=O)CC1. The molecule has 1 aromatic carbocycles. The predicted octanol–water partition coefficient (Wildman–Crippen LogP) is 3.30. The fraction of sp³-hybridized carbons (Fsp3) is 0.500. The van der Waals surface area contributed by atoms with Crippen LogP contribution in [0.5, 0.6) is 0 Å². The van der Waals surface area contributed by atoms with Crippen molar-refractivity contribution < 1.29 is 17.6 Å². The summed E-state index contributed by atoms with van der Waals surface area (Å²) in [5.41, 5.74) is 6.93. The molecule has 2 fully saturated rings. The largest absolute Gasteiger partial charge is 0.420 e. The van der Waals surface area contributed by atoms with Crippen LogP contribution in [-0.2, 0) is 10.0 Å². The molecular weight excluding hydrogens is 605 g/mol. The van der Waals surface area contributed by atoms with Gasteiger partial charge in [-0.1, -0.05) is 30.1 Å². The number of amides is 1. The van der Waals surface area contributed by atoms with Crippen molar-refractivity contribution in [1.82, 2.24) is 30.0 Å². The Labute approximate surface area is 254 Å². The number of rotatable bonds is 7. The number of nitrogens with one attached hydrogen (secondary N) is 1. The van der Waals surface area contributed by atoms with E-state index in [-0.39, 0.29) is 45.8 Å². The highest BCUT2D eigenvalue weighted by Crippen LogP contribution is 2.33. The topological polar surface area (TPSA) is 164 Å². The lowest BCUT2D eigenvalue weighted by Gasteiger charge is -2.47. The molecule has 0 spiro atoms. The molecule has 3 aromatic rings. The number of halogens is 2. The highest BCUT2D eigenvalue weighted by Gasteiger charge is 2.35. The van der Waals surface area contributed by atoms with Gasteiger partial charge in [-0.3, -0.25) is 14.4 Å². The molecule has 0 saturated carbocycles. The van der Waals surface area contributed by atoms with Gasteiger partial charge in [0.05, 0.1) is 17.5 Å². The number of benzene rings is 1. The standard InChI is InChI=1S/C26H33Cl2N9O4S/c1-4-17-14-36(24-22(28)30-21(23(29)31-24)25-33-32-15(2)41-25)11-12-37(17)18-7-9-35(10-8-18)26(38)19-6-5-16(27)13-20(19)34-42(3,39)40/h5-6,13,17-18,34H,4,7-12,14H2,1-3H3,(H2,29,31)/t17-/m0/s1. The molecule has 1 amide bonds. The molecule has 13 nitrogen and oxygen atoms in total. The molecule has 0 aliphatic carbocycles. The number of carbonyl (C=O) groups excluding carboxylic acids is 1. The molecule has 4 heterocycles. The third kappa shape index (κ3) is 6.56. The van der Waals surface area contributed by atoms with Gasteiger partial charge in [0.25, 0.3) is 11.8 Å². The lowest BCUT2D eigenvalue weighted by molar-refractivity contribution is 0.0491. The molecule has 0 unspecified atom stereocenters. The number of piperidine rings is 1. The van der Waals surface area contributed by atoms with Crippen molar-refractivity contribution >= 4 is 56.5 Å². The third-order valence-electron chi connectivity index (χ3n) is 7.62. The van der Waals surface area contributed by atoms with Crippen LogP contribution >= 0.6 is 23.2 Å². The maximum Gasteiger partial charge on any atom is 0.270 e. The Hall–Kier alpha value is -3.20. The van der Waals surface area contributed by atoms with E-state index in [1.165, 1.54) is 6.07 Å². The Morgan fingerprint density at radius 1 is 1.14 bits per heavy atom. The molecule has 5 rings (SSSR count). The van der Waals surface area contributed by atoms with Crippen LogP contribution in [0.25, 0.3) is 11.6 Å². The third-order valence-corrected chi connectivity index (χ3v) is 8.70. The summed E-state index contributed by atoms with van der Waals surface area (Å²) in [4.78, 5) is 28.7. The minimum atomic E-state index is -3.58. The van der Waals surface area contributed by atoms with E-state index in [1.807, 2.05) is 0 Å². The first-order chi connectivity index (χ1) is 19.9. The van der Waals surface area contributed by atoms with Gasteiger partial charge in [-0.05, 0) is 37.5 Å². The van der Waals surface area contributed by atoms with Gasteiger partial charge in [0, 0.05) is 56.8 Å². The van der Waals surface area contributed by atoms with E-state index in [1.54, 1.807) is 24.0 Å². The predicted molar refractivity (Wildman–Crippen MR) is 161 cm³/mol. The first-order valence-corrected chi connectivity index (χ1v) is 16.3. The normalized spacial score (nSPS) is 18.8. The van der Waals surface area contributed by atoms with Crippen LogP contribution in [-0.4, -0.2) is 95.4 Å². The Kier molecular flexibility index (Phi) is 8.78. The molecule has 3 N–H and O–H groups in total. The molecule has 226 valence electrons. The number of carbonyl (C=O) groups is 1. The average Bonchev–Trinajstić information content (AvgIpc) is 3.38. The summed E-state index contributed by atoms with van der Waals surface area (Å²) >= 11 is 12.6. The number of piperazine rings is 1. The van der Waals surface area contributed by atoms with Gasteiger partial charge in [-0.2, -0.15) is 0 Å². The zero-order chi connectivity index (χ0) is 30.2. The van der Waals surface area contributed by atoms with Crippen LogP contribution in [0.1, 0.15) is 42.4 Å². The van der Waals surface area contributed by atoms with E-state index in [9.17, 15) is 13.2 Å². The van der Waals surface area contributed by atoms with Crippen molar-refractivity contribution in [3.8, 4) is 11.6 Å². The second kappa shape index (κ2) is 12.2. The van der Waals surface area contributed by atoms with Crippen LogP contribution in [0.2, 0.25) is 10.2 Å². The molecule has 2 aliphatic heterocycles. The Bertz CT molecular complexity index is 1580. The summed E-state index contributed by atoms with van der Waals surface area (Å²) in [7, 11) is -3.58. The average molecular weight is 639 g/mol. The fourth-order valence-corrected chi connectivity index (χ4v) is 6.62. The Morgan fingerprint density at radius 3 is 2.52 bits per heavy atom. The van der Waals surface area contributed by atoms with Crippen LogP contribution < -0.4 is 15.4 Å². The number of hydrogen-bond acceptors (Lipinski definition) is 11. The number of nitrogen functional groups attached to an aromatic ring is 1. The van der Waals surface area contributed by atoms with Crippen molar-refractivity contribution in [2.45, 2.75) is 45.2 Å². The van der Waals surface area contributed by atoms with Crippen molar-refractivity contribution in [3.63, 3.8) is 0 Å². The van der Waals surface area contributed by atoms with Crippen molar-refractivity contribution in [3.05, 3.63) is 39.8 Å². The van der Waals surface area contributed by atoms with E-state index in [0.29, 0.717) is 49.0 Å². The molecule has 42 heavy (non-hydrogen) atoms. The molecular formula is C26H33Cl2N9O4S. The van der Waals surface area contributed by atoms with Gasteiger partial charge < -0.3 is 20.0 Å². The lowest BCUT2D eigenvalue weighted by atomic mass is 9.97. The number of likely N-dealkylation sites (tertiary alicyclic amines) is 1. The molecule has 16 heteroatoms. The van der Waals surface area contributed by atoms with Gasteiger partial charge in [0.15, 0.2) is 22.5 Å². The maximum absolute atomic E-state index is 13.4. The Morgan fingerprint density at radius 2 is 1.88 bits per heavy atom. The van der Waals surface area contributed by atoms with E-state index in [2.05, 4.69) is 41.6 Å². The molecule has 0 bridgehead atoms. The van der Waals surface area contributed by atoms with Gasteiger partial charge in [-0.25, -0.2) is 18.4 Å². The van der Waals surface area contributed by atoms with E-state index in [4.69, 9.17) is 33.4 Å². The number of nitrogens with zero attached hydrogens (tertiary/aromatic N) is 7. The highest BCUT2D eigenvalue weighted by molar-refractivity contribution is 7.92. The smallest absolute Gasteiger partial charge is 0.270 e. The van der Waals surface area contributed by atoms with Crippen molar-refractivity contribution in [2.24, 2.45) is 0 Å². The maximum atomic E-state index is 13.4. The minimum Gasteiger partial charge on any atom is -0.420 e. The van der Waals surface area contributed by atoms with Crippen LogP contribution in [0.3, 0.4) is 0 Å². The quantitative estimate of drug-likeness (QED) is 0.390. The number of sulfonamides is 1. The summed E-state index contributed by atoms with van der Waals surface area (Å²) in [6, 6.07) is 5.15. The van der Waals surface area contributed by atoms with Crippen LogP contribution in [0.4, 0.5) is 17.3 Å². The first kappa shape index (κ1) is 30.3. The van der Waals surface area contributed by atoms with Gasteiger partial charge >= 0.3 is 0 Å². The molecule has 1 atom stereocenters. The molecule has 2 saturated heterocycles. The number of hydrogen-bond donors (Lipinski definition) is 2. The number of aromatic nitrogens is 4. The summed E-state index contributed by atoms with van der Waals surface area (Å²) in [6.45, 7) is 7.13. The zero-order valence-corrected chi connectivity index (χ0v) is 25.9. The monoisotopic (exact) mass is 637 g/mol.